The Labute approximate surface area is 131 Å². The first-order valence-electron chi connectivity index (χ1n) is 7.54. The quantitative estimate of drug-likeness (QED) is 0.859. The molecule has 1 aromatic heterocycles. The summed E-state index contributed by atoms with van der Waals surface area (Å²) in [5.41, 5.74) is 1.52. The minimum atomic E-state index is -0.175. The number of hydrogen-bond donors (Lipinski definition) is 2. The van der Waals surface area contributed by atoms with Crippen LogP contribution < -0.4 is 10.6 Å². The second kappa shape index (κ2) is 7.54. The van der Waals surface area contributed by atoms with Crippen molar-refractivity contribution in [2.75, 3.05) is 5.32 Å². The fourth-order valence-corrected chi connectivity index (χ4v) is 1.95. The van der Waals surface area contributed by atoms with E-state index in [1.54, 1.807) is 12.4 Å². The Morgan fingerprint density at radius 3 is 2.36 bits per heavy atom. The van der Waals surface area contributed by atoms with Gasteiger partial charge in [0.15, 0.2) is 0 Å². The number of carbonyl (C=O) groups is 1. The van der Waals surface area contributed by atoms with Crippen LogP contribution in [0.5, 0.6) is 0 Å². The summed E-state index contributed by atoms with van der Waals surface area (Å²) in [6.07, 6.45) is 4.08. The largest absolute Gasteiger partial charge is 0.352 e. The van der Waals surface area contributed by atoms with E-state index in [2.05, 4.69) is 34.4 Å². The van der Waals surface area contributed by atoms with Gasteiger partial charge < -0.3 is 10.6 Å². The van der Waals surface area contributed by atoms with Crippen LogP contribution >= 0.6 is 0 Å². The third-order valence-corrected chi connectivity index (χ3v) is 3.55. The molecule has 2 aromatic rings. The molecule has 1 heterocycles. The molecule has 116 valence electrons. The Kier molecular flexibility index (Phi) is 5.47. The van der Waals surface area contributed by atoms with Gasteiger partial charge in [-0.1, -0.05) is 37.3 Å². The molecule has 2 atom stereocenters. The van der Waals surface area contributed by atoms with Crippen LogP contribution in [0.3, 0.4) is 0 Å². The summed E-state index contributed by atoms with van der Waals surface area (Å²) < 4.78 is 0. The lowest BCUT2D eigenvalue weighted by atomic mass is 10.1. The minimum Gasteiger partial charge on any atom is -0.352 e. The lowest BCUT2D eigenvalue weighted by Gasteiger charge is -2.14. The van der Waals surface area contributed by atoms with Crippen LogP contribution in [0.1, 0.15) is 49.2 Å². The molecule has 0 bridgehead atoms. The number of hydrogen-bond acceptors (Lipinski definition) is 4. The van der Waals surface area contributed by atoms with Gasteiger partial charge in [-0.25, -0.2) is 9.97 Å². The highest BCUT2D eigenvalue weighted by molar-refractivity contribution is 5.93. The van der Waals surface area contributed by atoms with Crippen molar-refractivity contribution in [1.29, 1.82) is 0 Å². The Bertz CT molecular complexity index is 598. The molecule has 0 saturated heterocycles. The molecule has 2 unspecified atom stereocenters. The molecular formula is C17H22N4O. The van der Waals surface area contributed by atoms with E-state index in [-0.39, 0.29) is 11.9 Å². The van der Waals surface area contributed by atoms with Crippen LogP contribution in [0.25, 0.3) is 0 Å². The van der Waals surface area contributed by atoms with Crippen LogP contribution in [-0.2, 0) is 0 Å². The lowest BCUT2D eigenvalue weighted by molar-refractivity contribution is 0.0939. The normalized spacial score (nSPS) is 13.2. The number of anilines is 1. The Morgan fingerprint density at radius 1 is 1.14 bits per heavy atom. The standard InChI is InChI=1S/C17H22N4O/c1-4-12(2)20-17-18-10-15(11-19-17)16(22)21-13(3)14-8-6-5-7-9-14/h5-13H,4H2,1-3H3,(H,21,22)(H,18,19,20). The molecule has 2 rings (SSSR count). The molecule has 0 aliphatic carbocycles. The zero-order valence-corrected chi connectivity index (χ0v) is 13.2. The van der Waals surface area contributed by atoms with E-state index in [0.717, 1.165) is 12.0 Å². The molecule has 0 saturated carbocycles. The van der Waals surface area contributed by atoms with E-state index in [9.17, 15) is 4.79 Å². The Hall–Kier alpha value is -2.43. The van der Waals surface area contributed by atoms with Crippen molar-refractivity contribution in [2.45, 2.75) is 39.3 Å². The highest BCUT2D eigenvalue weighted by Crippen LogP contribution is 2.12. The van der Waals surface area contributed by atoms with Crippen molar-refractivity contribution in [3.63, 3.8) is 0 Å². The number of benzene rings is 1. The molecule has 2 N–H and O–H groups in total. The second-order valence-electron chi connectivity index (χ2n) is 5.35. The average Bonchev–Trinajstić information content (AvgIpc) is 2.56. The predicted octanol–water partition coefficient (Wildman–Crippen LogP) is 3.18. The van der Waals surface area contributed by atoms with Gasteiger partial charge in [-0.05, 0) is 25.8 Å². The molecular weight excluding hydrogens is 276 g/mol. The van der Waals surface area contributed by atoms with Crippen molar-refractivity contribution in [2.24, 2.45) is 0 Å². The van der Waals surface area contributed by atoms with Crippen molar-refractivity contribution in [3.8, 4) is 0 Å². The summed E-state index contributed by atoms with van der Waals surface area (Å²) in [4.78, 5) is 20.6. The van der Waals surface area contributed by atoms with Crippen molar-refractivity contribution >= 4 is 11.9 Å². The molecule has 5 heteroatoms. The zero-order valence-electron chi connectivity index (χ0n) is 13.2. The van der Waals surface area contributed by atoms with Gasteiger partial charge in [0.05, 0.1) is 11.6 Å². The van der Waals surface area contributed by atoms with Crippen molar-refractivity contribution in [3.05, 3.63) is 53.9 Å². The molecule has 0 aliphatic rings. The van der Waals surface area contributed by atoms with Crippen LogP contribution in [0, 0.1) is 0 Å². The maximum Gasteiger partial charge on any atom is 0.254 e. The van der Waals surface area contributed by atoms with Gasteiger partial charge in [0.25, 0.3) is 5.91 Å². The van der Waals surface area contributed by atoms with Gasteiger partial charge in [0.1, 0.15) is 0 Å². The third kappa shape index (κ3) is 4.28. The Balaban J connectivity index is 1.98. The second-order valence-corrected chi connectivity index (χ2v) is 5.35. The first-order chi connectivity index (χ1) is 10.6. The molecule has 0 fully saturated rings. The summed E-state index contributed by atoms with van der Waals surface area (Å²) >= 11 is 0. The van der Waals surface area contributed by atoms with E-state index in [1.165, 1.54) is 0 Å². The zero-order chi connectivity index (χ0) is 15.9. The van der Waals surface area contributed by atoms with E-state index in [1.807, 2.05) is 37.3 Å². The van der Waals surface area contributed by atoms with Gasteiger partial charge in [0, 0.05) is 18.4 Å². The van der Waals surface area contributed by atoms with Crippen molar-refractivity contribution < 1.29 is 4.79 Å². The van der Waals surface area contributed by atoms with Gasteiger partial charge in [0.2, 0.25) is 5.95 Å². The summed E-state index contributed by atoms with van der Waals surface area (Å²) in [7, 11) is 0. The molecule has 1 amide bonds. The monoisotopic (exact) mass is 298 g/mol. The number of nitrogens with one attached hydrogen (secondary N) is 2. The highest BCUT2D eigenvalue weighted by Gasteiger charge is 2.12. The third-order valence-electron chi connectivity index (χ3n) is 3.55. The van der Waals surface area contributed by atoms with Crippen molar-refractivity contribution in [1.82, 2.24) is 15.3 Å². The minimum absolute atomic E-state index is 0.0633. The maximum atomic E-state index is 12.2. The maximum absolute atomic E-state index is 12.2. The average molecular weight is 298 g/mol. The van der Waals surface area contributed by atoms with Gasteiger partial charge in [-0.2, -0.15) is 0 Å². The van der Waals surface area contributed by atoms with Gasteiger partial charge in [-0.15, -0.1) is 0 Å². The van der Waals surface area contributed by atoms with E-state index in [0.29, 0.717) is 17.6 Å². The molecule has 5 nitrogen and oxygen atoms in total. The van der Waals surface area contributed by atoms with Crippen LogP contribution in [-0.4, -0.2) is 21.9 Å². The number of carbonyl (C=O) groups excluding carboxylic acids is 1. The molecule has 0 spiro atoms. The molecule has 0 radical (unpaired) electrons. The summed E-state index contributed by atoms with van der Waals surface area (Å²) in [5.74, 6) is 0.369. The first-order valence-corrected chi connectivity index (χ1v) is 7.54. The lowest BCUT2D eigenvalue weighted by Crippen LogP contribution is -2.27. The summed E-state index contributed by atoms with van der Waals surface area (Å²) in [5, 5.41) is 6.11. The Morgan fingerprint density at radius 2 is 1.77 bits per heavy atom. The summed E-state index contributed by atoms with van der Waals surface area (Å²) in [6, 6.07) is 10.1. The highest BCUT2D eigenvalue weighted by atomic mass is 16.1. The van der Waals surface area contributed by atoms with E-state index >= 15 is 0 Å². The number of nitrogens with zero attached hydrogens (tertiary/aromatic N) is 2. The first kappa shape index (κ1) is 15.9. The van der Waals surface area contributed by atoms with E-state index in [4.69, 9.17) is 0 Å². The fraction of sp³-hybridized carbons (Fsp3) is 0.353. The number of amides is 1. The van der Waals surface area contributed by atoms with Crippen LogP contribution in [0.4, 0.5) is 5.95 Å². The van der Waals surface area contributed by atoms with Crippen LogP contribution in [0.15, 0.2) is 42.7 Å². The fourth-order valence-electron chi connectivity index (χ4n) is 1.95. The van der Waals surface area contributed by atoms with Crippen LogP contribution in [0.2, 0.25) is 0 Å². The topological polar surface area (TPSA) is 66.9 Å². The van der Waals surface area contributed by atoms with E-state index < -0.39 is 0 Å². The number of rotatable bonds is 6. The molecule has 1 aromatic carbocycles. The van der Waals surface area contributed by atoms with Gasteiger partial charge >= 0.3 is 0 Å². The number of aromatic nitrogens is 2. The summed E-state index contributed by atoms with van der Waals surface area (Å²) in [6.45, 7) is 6.10. The molecule has 0 aliphatic heterocycles. The predicted molar refractivity (Wildman–Crippen MR) is 87.7 cm³/mol. The molecule has 22 heavy (non-hydrogen) atoms. The SMILES string of the molecule is CCC(C)Nc1ncc(C(=O)NC(C)c2ccccc2)cn1. The van der Waals surface area contributed by atoms with Gasteiger partial charge in [-0.3, -0.25) is 4.79 Å². The smallest absolute Gasteiger partial charge is 0.254 e.